The van der Waals surface area contributed by atoms with Crippen LogP contribution in [0.2, 0.25) is 10.0 Å². The molecular weight excluding hydrogens is 577 g/mol. The highest BCUT2D eigenvalue weighted by Crippen LogP contribution is 2.31. The molecule has 0 saturated carbocycles. The third-order valence-electron chi connectivity index (χ3n) is 6.06. The van der Waals surface area contributed by atoms with Gasteiger partial charge in [-0.1, -0.05) is 53.5 Å². The molecule has 0 saturated heterocycles. The van der Waals surface area contributed by atoms with E-state index in [1.165, 1.54) is 24.3 Å². The van der Waals surface area contributed by atoms with Crippen LogP contribution in [0.15, 0.2) is 54.6 Å². The number of aromatic hydroxyl groups is 2. The highest BCUT2D eigenvalue weighted by molar-refractivity contribution is 7.92. The number of carbonyl (C=O) groups is 1. The van der Waals surface area contributed by atoms with E-state index >= 15 is 0 Å². The Labute approximate surface area is 244 Å². The molecule has 0 spiro atoms. The zero-order valence-electron chi connectivity index (χ0n) is 22.3. The van der Waals surface area contributed by atoms with E-state index in [1.54, 1.807) is 6.07 Å². The summed E-state index contributed by atoms with van der Waals surface area (Å²) >= 11 is 11.9. The van der Waals surface area contributed by atoms with Crippen molar-refractivity contribution in [2.24, 2.45) is 0 Å². The van der Waals surface area contributed by atoms with E-state index in [1.807, 2.05) is 38.1 Å². The van der Waals surface area contributed by atoms with Crippen molar-refractivity contribution in [3.63, 3.8) is 0 Å². The van der Waals surface area contributed by atoms with E-state index in [2.05, 4.69) is 15.4 Å². The number of hydrogen-bond donors (Lipinski definition) is 6. The van der Waals surface area contributed by atoms with Gasteiger partial charge < -0.3 is 26.0 Å². The zero-order valence-corrected chi connectivity index (χ0v) is 24.7. The molecule has 0 heterocycles. The lowest BCUT2D eigenvalue weighted by Gasteiger charge is -2.28. The smallest absolute Gasteiger partial charge is 0.229 e. The van der Waals surface area contributed by atoms with Gasteiger partial charge in [0.15, 0.2) is 0 Å². The van der Waals surface area contributed by atoms with E-state index in [0.717, 1.165) is 17.4 Å². The Morgan fingerprint density at radius 3 is 2.42 bits per heavy atom. The van der Waals surface area contributed by atoms with Crippen LogP contribution in [0.1, 0.15) is 42.2 Å². The molecule has 40 heavy (non-hydrogen) atoms. The Morgan fingerprint density at radius 1 is 1.02 bits per heavy atom. The van der Waals surface area contributed by atoms with Gasteiger partial charge in [-0.05, 0) is 61.2 Å². The predicted octanol–water partition coefficient (Wildman–Crippen LogP) is 4.28. The minimum atomic E-state index is -3.60. The molecule has 0 aliphatic rings. The molecule has 3 rings (SSSR count). The van der Waals surface area contributed by atoms with Crippen molar-refractivity contribution in [1.82, 2.24) is 10.6 Å². The molecule has 0 unspecified atom stereocenters. The second-order valence-corrected chi connectivity index (χ2v) is 12.9. The first kappa shape index (κ1) is 31.5. The fourth-order valence-corrected chi connectivity index (χ4v) is 5.25. The van der Waals surface area contributed by atoms with Crippen LogP contribution >= 0.6 is 23.2 Å². The first-order valence-electron chi connectivity index (χ1n) is 12.4. The molecule has 0 aliphatic carbocycles. The molecule has 9 nitrogen and oxygen atoms in total. The number of hydrogen-bond acceptors (Lipinski definition) is 7. The van der Waals surface area contributed by atoms with Crippen molar-refractivity contribution in [2.45, 2.75) is 44.9 Å². The van der Waals surface area contributed by atoms with Crippen molar-refractivity contribution in [3.8, 4) is 11.5 Å². The predicted molar refractivity (Wildman–Crippen MR) is 157 cm³/mol. The Morgan fingerprint density at radius 2 is 1.73 bits per heavy atom. The van der Waals surface area contributed by atoms with Crippen LogP contribution in [0, 0.1) is 0 Å². The first-order chi connectivity index (χ1) is 18.6. The molecule has 1 atom stereocenters. The van der Waals surface area contributed by atoms with Crippen LogP contribution in [-0.4, -0.2) is 48.0 Å². The number of β-amino-alcohol motifs (C(OH)–C–C–N with tert-alkyl or cyclic N) is 1. The lowest BCUT2D eigenvalue weighted by atomic mass is 9.93. The summed E-state index contributed by atoms with van der Waals surface area (Å²) in [7, 11) is -3.60. The minimum absolute atomic E-state index is 0.00710. The van der Waals surface area contributed by atoms with Gasteiger partial charge in [0, 0.05) is 29.2 Å². The lowest BCUT2D eigenvalue weighted by molar-refractivity contribution is -0.120. The third kappa shape index (κ3) is 9.57. The highest BCUT2D eigenvalue weighted by Gasteiger charge is 2.21. The highest BCUT2D eigenvalue weighted by atomic mass is 35.5. The summed E-state index contributed by atoms with van der Waals surface area (Å²) in [5, 5.41) is 37.3. The largest absolute Gasteiger partial charge is 0.506 e. The normalized spacial score (nSPS) is 12.7. The van der Waals surface area contributed by atoms with Crippen LogP contribution < -0.4 is 15.4 Å². The number of sulfonamides is 1. The Balaban J connectivity index is 1.57. The molecular formula is C28H33Cl2N3O6S. The number of benzene rings is 3. The Kier molecular flexibility index (Phi) is 10.3. The fraction of sp³-hybridized carbons (Fsp3) is 0.321. The molecule has 0 bridgehead atoms. The molecule has 6 N–H and O–H groups in total. The van der Waals surface area contributed by atoms with Gasteiger partial charge in [-0.3, -0.25) is 9.52 Å². The maximum absolute atomic E-state index is 12.5. The van der Waals surface area contributed by atoms with Gasteiger partial charge in [0.05, 0.1) is 29.5 Å². The van der Waals surface area contributed by atoms with Crippen molar-refractivity contribution in [1.29, 1.82) is 0 Å². The Hall–Kier alpha value is -3.02. The van der Waals surface area contributed by atoms with Gasteiger partial charge >= 0.3 is 0 Å². The molecule has 12 heteroatoms. The number of amides is 1. The van der Waals surface area contributed by atoms with Crippen LogP contribution in [0.25, 0.3) is 0 Å². The molecule has 0 fully saturated rings. The standard InChI is InChI=1S/C28H33Cl2N3O6S/c1-28(2,32-16-25(35)19-7-8-24(34)23(12-19)33-40(3,38)39)14-18-6-4-5-17(9-18)10-26(36)31-15-20-11-21(29)13-22(30)27(20)37/h4-9,11-13,25,32-35,37H,10,14-16H2,1-3H3,(H,31,36)/t25-/m0/s1. The van der Waals surface area contributed by atoms with Gasteiger partial charge in [0.2, 0.25) is 15.9 Å². The molecule has 0 aromatic heterocycles. The van der Waals surface area contributed by atoms with Crippen molar-refractivity contribution < 1.29 is 28.5 Å². The van der Waals surface area contributed by atoms with Crippen molar-refractivity contribution in [2.75, 3.05) is 17.5 Å². The number of aliphatic hydroxyl groups is 1. The SMILES string of the molecule is CC(C)(Cc1cccc(CC(=O)NCc2cc(Cl)cc(Cl)c2O)c1)NC[C@H](O)c1ccc(O)c(NS(C)(=O)=O)c1. The third-order valence-corrected chi connectivity index (χ3v) is 7.16. The monoisotopic (exact) mass is 609 g/mol. The molecule has 0 aliphatic heterocycles. The van der Waals surface area contributed by atoms with E-state index in [0.29, 0.717) is 22.6 Å². The van der Waals surface area contributed by atoms with Crippen molar-refractivity contribution in [3.05, 3.63) is 86.9 Å². The molecule has 216 valence electrons. The number of phenolic OH excluding ortho intramolecular Hbond substituents is 2. The summed E-state index contributed by atoms with van der Waals surface area (Å²) in [4.78, 5) is 12.5. The number of anilines is 1. The lowest BCUT2D eigenvalue weighted by Crippen LogP contribution is -2.43. The van der Waals surface area contributed by atoms with Gasteiger partial charge in [-0.15, -0.1) is 0 Å². The molecule has 0 radical (unpaired) electrons. The molecule has 3 aromatic rings. The van der Waals surface area contributed by atoms with Crippen molar-refractivity contribution >= 4 is 44.8 Å². The quantitative estimate of drug-likeness (QED) is 0.168. The number of aliphatic hydroxyl groups excluding tert-OH is 1. The van der Waals surface area contributed by atoms with Gasteiger partial charge in [-0.2, -0.15) is 0 Å². The van der Waals surface area contributed by atoms with Gasteiger partial charge in [0.25, 0.3) is 0 Å². The van der Waals surface area contributed by atoms with E-state index in [4.69, 9.17) is 23.2 Å². The number of phenols is 2. The summed E-state index contributed by atoms with van der Waals surface area (Å²) in [6.07, 6.45) is 0.758. The summed E-state index contributed by atoms with van der Waals surface area (Å²) in [6.45, 7) is 4.22. The summed E-state index contributed by atoms with van der Waals surface area (Å²) in [6, 6.07) is 14.8. The number of halogens is 2. The van der Waals surface area contributed by atoms with Gasteiger partial charge in [-0.25, -0.2) is 8.42 Å². The average Bonchev–Trinajstić information content (AvgIpc) is 2.84. The summed E-state index contributed by atoms with van der Waals surface area (Å²) in [5.74, 6) is -0.591. The number of nitrogens with one attached hydrogen (secondary N) is 3. The van der Waals surface area contributed by atoms with Crippen LogP contribution in [-0.2, 0) is 34.2 Å². The average molecular weight is 611 g/mol. The number of carbonyl (C=O) groups excluding carboxylic acids is 1. The van der Waals surface area contributed by atoms with Crippen LogP contribution in [0.4, 0.5) is 5.69 Å². The van der Waals surface area contributed by atoms with Gasteiger partial charge in [0.1, 0.15) is 11.5 Å². The zero-order chi connectivity index (χ0) is 29.7. The van der Waals surface area contributed by atoms with Crippen LogP contribution in [0.3, 0.4) is 0 Å². The number of rotatable bonds is 12. The molecule has 3 aromatic carbocycles. The maximum Gasteiger partial charge on any atom is 0.229 e. The maximum atomic E-state index is 12.5. The van der Waals surface area contributed by atoms with E-state index < -0.39 is 21.7 Å². The second kappa shape index (κ2) is 13.1. The second-order valence-electron chi connectivity index (χ2n) is 10.3. The first-order valence-corrected chi connectivity index (χ1v) is 15.0. The summed E-state index contributed by atoms with van der Waals surface area (Å²) < 4.78 is 25.3. The Bertz CT molecular complexity index is 1480. The fourth-order valence-electron chi connectivity index (χ4n) is 4.15. The van der Waals surface area contributed by atoms with E-state index in [9.17, 15) is 28.5 Å². The van der Waals surface area contributed by atoms with Crippen LogP contribution in [0.5, 0.6) is 11.5 Å². The summed E-state index contributed by atoms with van der Waals surface area (Å²) in [5.41, 5.74) is 2.22. The van der Waals surface area contributed by atoms with E-state index in [-0.39, 0.29) is 47.6 Å². The topological polar surface area (TPSA) is 148 Å². The molecule has 1 amide bonds. The minimum Gasteiger partial charge on any atom is -0.506 e.